The summed E-state index contributed by atoms with van der Waals surface area (Å²) in [5.41, 5.74) is 3.62. The minimum atomic E-state index is -0.0681. The molecule has 3 unspecified atom stereocenters. The number of carbonyl (C=O) groups excluding carboxylic acids is 1. The lowest BCUT2D eigenvalue weighted by molar-refractivity contribution is 0.0894. The Balaban J connectivity index is 0.00000120. The van der Waals surface area contributed by atoms with Crippen LogP contribution < -0.4 is 15.5 Å². The van der Waals surface area contributed by atoms with Gasteiger partial charge in [0.15, 0.2) is 5.76 Å². The molecule has 5 nitrogen and oxygen atoms in total. The number of benzene rings is 1. The standard InChI is InChI=1S/C22H27N3O2.2ClH/c1-14-10-15-4-2-3-5-20(15)25(14)13-16-8-9-27-21(16)22(26)24-19-11-17-6-7-18(12-19)23-17;;/h2-5,8-9,14,17-19,23H,6-7,10-13H2,1H3,(H,24,26);2*1H. The van der Waals surface area contributed by atoms with E-state index in [1.165, 1.54) is 24.1 Å². The Kier molecular flexibility index (Phi) is 6.82. The third-order valence-electron chi connectivity index (χ3n) is 6.45. The van der Waals surface area contributed by atoms with Crippen molar-refractivity contribution in [3.8, 4) is 0 Å². The molecule has 1 aromatic carbocycles. The summed E-state index contributed by atoms with van der Waals surface area (Å²) in [5.74, 6) is 0.402. The molecule has 3 atom stereocenters. The topological polar surface area (TPSA) is 57.5 Å². The molecule has 2 bridgehead atoms. The van der Waals surface area contributed by atoms with Gasteiger partial charge in [-0.05, 0) is 56.7 Å². The Labute approximate surface area is 184 Å². The summed E-state index contributed by atoms with van der Waals surface area (Å²) in [7, 11) is 0. The lowest BCUT2D eigenvalue weighted by atomic mass is 9.99. The summed E-state index contributed by atoms with van der Waals surface area (Å²) < 4.78 is 5.62. The van der Waals surface area contributed by atoms with Crippen molar-refractivity contribution in [3.05, 3.63) is 53.5 Å². The van der Waals surface area contributed by atoms with E-state index in [1.54, 1.807) is 6.26 Å². The van der Waals surface area contributed by atoms with Crippen molar-refractivity contribution in [2.24, 2.45) is 0 Å². The molecule has 2 saturated heterocycles. The zero-order valence-electron chi connectivity index (χ0n) is 16.6. The van der Waals surface area contributed by atoms with Gasteiger partial charge in [-0.15, -0.1) is 24.8 Å². The highest BCUT2D eigenvalue weighted by Gasteiger charge is 2.35. The number of rotatable bonds is 4. The van der Waals surface area contributed by atoms with Gasteiger partial charge in [0.25, 0.3) is 5.91 Å². The highest BCUT2D eigenvalue weighted by Crippen LogP contribution is 2.34. The number of nitrogens with one attached hydrogen (secondary N) is 2. The van der Waals surface area contributed by atoms with Gasteiger partial charge in [-0.3, -0.25) is 4.79 Å². The first-order valence-corrected chi connectivity index (χ1v) is 10.1. The molecule has 7 heteroatoms. The molecule has 1 amide bonds. The molecule has 0 saturated carbocycles. The van der Waals surface area contributed by atoms with Crippen LogP contribution in [-0.2, 0) is 13.0 Å². The summed E-state index contributed by atoms with van der Waals surface area (Å²) in [6, 6.07) is 12.3. The van der Waals surface area contributed by atoms with Gasteiger partial charge in [0.2, 0.25) is 0 Å². The van der Waals surface area contributed by atoms with Gasteiger partial charge >= 0.3 is 0 Å². The minimum Gasteiger partial charge on any atom is -0.459 e. The fourth-order valence-corrected chi connectivity index (χ4v) is 5.14. The molecule has 5 rings (SSSR count). The van der Waals surface area contributed by atoms with Crippen LogP contribution in [0, 0.1) is 0 Å². The van der Waals surface area contributed by atoms with Crippen LogP contribution in [0.4, 0.5) is 5.69 Å². The van der Waals surface area contributed by atoms with E-state index >= 15 is 0 Å². The zero-order valence-corrected chi connectivity index (χ0v) is 18.2. The number of hydrogen-bond acceptors (Lipinski definition) is 4. The molecule has 0 spiro atoms. The van der Waals surface area contributed by atoms with Gasteiger partial charge in [0.05, 0.1) is 6.26 Å². The molecule has 2 N–H and O–H groups in total. The van der Waals surface area contributed by atoms with Crippen LogP contribution in [0.25, 0.3) is 0 Å². The molecule has 0 radical (unpaired) electrons. The predicted octanol–water partition coefficient (Wildman–Crippen LogP) is 4.09. The van der Waals surface area contributed by atoms with E-state index in [1.807, 2.05) is 6.07 Å². The minimum absolute atomic E-state index is 0. The third-order valence-corrected chi connectivity index (χ3v) is 6.45. The van der Waals surface area contributed by atoms with Crippen molar-refractivity contribution in [2.45, 2.75) is 69.7 Å². The summed E-state index contributed by atoms with van der Waals surface area (Å²) in [5, 5.41) is 6.85. The molecule has 29 heavy (non-hydrogen) atoms. The lowest BCUT2D eigenvalue weighted by Gasteiger charge is -2.29. The summed E-state index contributed by atoms with van der Waals surface area (Å²) in [6.45, 7) is 2.94. The monoisotopic (exact) mass is 437 g/mol. The molecular formula is C22H29Cl2N3O2. The number of halogens is 2. The van der Waals surface area contributed by atoms with Crippen LogP contribution in [0.5, 0.6) is 0 Å². The van der Waals surface area contributed by atoms with Crippen LogP contribution >= 0.6 is 24.8 Å². The summed E-state index contributed by atoms with van der Waals surface area (Å²) in [4.78, 5) is 15.3. The van der Waals surface area contributed by atoms with Crippen molar-refractivity contribution in [1.29, 1.82) is 0 Å². The van der Waals surface area contributed by atoms with Crippen LogP contribution in [0.3, 0.4) is 0 Å². The van der Waals surface area contributed by atoms with Crippen molar-refractivity contribution >= 4 is 36.4 Å². The Morgan fingerprint density at radius 2 is 1.90 bits per heavy atom. The van der Waals surface area contributed by atoms with Crippen molar-refractivity contribution in [1.82, 2.24) is 10.6 Å². The number of hydrogen-bond donors (Lipinski definition) is 2. The zero-order chi connectivity index (χ0) is 18.4. The number of furan rings is 1. The van der Waals surface area contributed by atoms with E-state index in [0.717, 1.165) is 24.8 Å². The number of amides is 1. The number of para-hydroxylation sites is 1. The molecule has 4 heterocycles. The maximum atomic E-state index is 12.9. The van der Waals surface area contributed by atoms with E-state index in [0.29, 0.717) is 30.4 Å². The smallest absolute Gasteiger partial charge is 0.287 e. The van der Waals surface area contributed by atoms with E-state index in [4.69, 9.17) is 4.42 Å². The predicted molar refractivity (Wildman–Crippen MR) is 119 cm³/mol. The Bertz CT molecular complexity index is 844. The first kappa shape index (κ1) is 22.0. The SMILES string of the molecule is CC1Cc2ccccc2N1Cc1ccoc1C(=O)NC1CC2CCC(C1)N2.Cl.Cl. The van der Waals surface area contributed by atoms with Crippen LogP contribution in [0.15, 0.2) is 41.0 Å². The third kappa shape index (κ3) is 4.27. The highest BCUT2D eigenvalue weighted by atomic mass is 35.5. The average Bonchev–Trinajstić information content (AvgIpc) is 3.34. The van der Waals surface area contributed by atoms with Gasteiger partial charge in [-0.25, -0.2) is 0 Å². The molecule has 0 aliphatic carbocycles. The van der Waals surface area contributed by atoms with E-state index in [-0.39, 0.29) is 36.8 Å². The Hall–Kier alpha value is -1.69. The first-order chi connectivity index (χ1) is 13.2. The van der Waals surface area contributed by atoms with Crippen molar-refractivity contribution < 1.29 is 9.21 Å². The molecular weight excluding hydrogens is 409 g/mol. The number of carbonyl (C=O) groups is 1. The second-order valence-electron chi connectivity index (χ2n) is 8.36. The maximum absolute atomic E-state index is 12.9. The normalized spacial score (nSPS) is 27.0. The maximum Gasteiger partial charge on any atom is 0.287 e. The molecule has 3 aliphatic heterocycles. The quantitative estimate of drug-likeness (QED) is 0.755. The fraction of sp³-hybridized carbons (Fsp3) is 0.500. The largest absolute Gasteiger partial charge is 0.459 e. The highest BCUT2D eigenvalue weighted by molar-refractivity contribution is 5.93. The van der Waals surface area contributed by atoms with Crippen LogP contribution in [0.1, 0.15) is 54.3 Å². The van der Waals surface area contributed by atoms with E-state index < -0.39 is 0 Å². The molecule has 2 aromatic rings. The first-order valence-electron chi connectivity index (χ1n) is 10.1. The lowest BCUT2D eigenvalue weighted by Crippen LogP contribution is -2.48. The second-order valence-corrected chi connectivity index (χ2v) is 8.36. The van der Waals surface area contributed by atoms with Gasteiger partial charge in [-0.1, -0.05) is 18.2 Å². The van der Waals surface area contributed by atoms with Gasteiger partial charge < -0.3 is 20.0 Å². The van der Waals surface area contributed by atoms with E-state index in [2.05, 4.69) is 46.7 Å². The Morgan fingerprint density at radius 3 is 2.66 bits per heavy atom. The second kappa shape index (κ2) is 8.99. The van der Waals surface area contributed by atoms with Gasteiger partial charge in [-0.2, -0.15) is 0 Å². The molecule has 1 aromatic heterocycles. The number of anilines is 1. The van der Waals surface area contributed by atoms with Crippen molar-refractivity contribution in [3.63, 3.8) is 0 Å². The Morgan fingerprint density at radius 1 is 1.17 bits per heavy atom. The number of fused-ring (bicyclic) bond motifs is 3. The van der Waals surface area contributed by atoms with Crippen LogP contribution in [-0.4, -0.2) is 30.1 Å². The van der Waals surface area contributed by atoms with Crippen LogP contribution in [0.2, 0.25) is 0 Å². The molecule has 3 aliphatic rings. The number of piperidine rings is 1. The van der Waals surface area contributed by atoms with Gasteiger partial charge in [0.1, 0.15) is 0 Å². The van der Waals surface area contributed by atoms with E-state index in [9.17, 15) is 4.79 Å². The van der Waals surface area contributed by atoms with Crippen molar-refractivity contribution in [2.75, 3.05) is 4.90 Å². The number of nitrogens with zero attached hydrogens (tertiary/aromatic N) is 1. The summed E-state index contributed by atoms with van der Waals surface area (Å²) in [6.07, 6.45) is 7.20. The van der Waals surface area contributed by atoms with Gasteiger partial charge in [0, 0.05) is 42.0 Å². The average molecular weight is 438 g/mol. The fourth-order valence-electron chi connectivity index (χ4n) is 5.14. The summed E-state index contributed by atoms with van der Waals surface area (Å²) >= 11 is 0. The molecule has 2 fully saturated rings. The molecule has 158 valence electrons.